The van der Waals surface area contributed by atoms with Crippen LogP contribution in [0, 0.1) is 11.7 Å². The smallest absolute Gasteiger partial charge is 0.146 e. The Morgan fingerprint density at radius 2 is 2.00 bits per heavy atom. The number of hydrogen-bond donors (Lipinski definition) is 1. The van der Waals surface area contributed by atoms with Crippen molar-refractivity contribution >= 4 is 5.69 Å². The zero-order chi connectivity index (χ0) is 14.0. The third-order valence-electron chi connectivity index (χ3n) is 4.14. The van der Waals surface area contributed by atoms with Crippen molar-refractivity contribution in [3.05, 3.63) is 29.6 Å². The van der Waals surface area contributed by atoms with Crippen LogP contribution in [-0.4, -0.2) is 19.1 Å². The van der Waals surface area contributed by atoms with Gasteiger partial charge >= 0.3 is 0 Å². The molecule has 1 aliphatic rings. The molecule has 2 nitrogen and oxygen atoms in total. The Morgan fingerprint density at radius 3 is 2.53 bits per heavy atom. The normalized spacial score (nSPS) is 16.7. The summed E-state index contributed by atoms with van der Waals surface area (Å²) in [5.41, 5.74) is 1.72. The molecular weight excluding hydrogens is 239 g/mol. The van der Waals surface area contributed by atoms with E-state index in [2.05, 4.69) is 26.1 Å². The molecule has 2 rings (SSSR count). The maximum absolute atomic E-state index is 14.2. The van der Waals surface area contributed by atoms with E-state index in [0.717, 1.165) is 12.1 Å². The Kier molecular flexibility index (Phi) is 4.46. The maximum Gasteiger partial charge on any atom is 0.146 e. The standard InChI is InChI=1S/C16H25FN2/c1-11(2)12(3)19(4)16-8-5-13(9-15(16)17)10-18-14-6-7-14/h5,8-9,11-12,14,18H,6-7,10H2,1-4H3. The van der Waals surface area contributed by atoms with E-state index in [9.17, 15) is 4.39 Å². The summed E-state index contributed by atoms with van der Waals surface area (Å²) in [7, 11) is 1.96. The van der Waals surface area contributed by atoms with Crippen LogP contribution < -0.4 is 10.2 Å². The molecule has 1 aromatic carbocycles. The average molecular weight is 264 g/mol. The fraction of sp³-hybridized carbons (Fsp3) is 0.625. The van der Waals surface area contributed by atoms with E-state index >= 15 is 0 Å². The second kappa shape index (κ2) is 5.91. The second-order valence-corrected chi connectivity index (χ2v) is 6.04. The van der Waals surface area contributed by atoms with Crippen LogP contribution in [0.5, 0.6) is 0 Å². The van der Waals surface area contributed by atoms with Gasteiger partial charge in [0, 0.05) is 25.7 Å². The average Bonchev–Trinajstić information content (AvgIpc) is 3.18. The summed E-state index contributed by atoms with van der Waals surface area (Å²) in [5.74, 6) is 0.380. The molecule has 0 spiro atoms. The van der Waals surface area contributed by atoms with E-state index in [0.29, 0.717) is 23.7 Å². The van der Waals surface area contributed by atoms with E-state index in [-0.39, 0.29) is 5.82 Å². The fourth-order valence-corrected chi connectivity index (χ4v) is 2.16. The van der Waals surface area contributed by atoms with E-state index in [4.69, 9.17) is 0 Å². The van der Waals surface area contributed by atoms with Gasteiger partial charge < -0.3 is 10.2 Å². The maximum atomic E-state index is 14.2. The van der Waals surface area contributed by atoms with Crippen LogP contribution in [0.2, 0.25) is 0 Å². The Balaban J connectivity index is 2.04. The van der Waals surface area contributed by atoms with Crippen LogP contribution in [0.3, 0.4) is 0 Å². The lowest BCUT2D eigenvalue weighted by Crippen LogP contribution is -2.33. The van der Waals surface area contributed by atoms with E-state index in [1.165, 1.54) is 12.8 Å². The third-order valence-corrected chi connectivity index (χ3v) is 4.14. The van der Waals surface area contributed by atoms with Gasteiger partial charge in [0.2, 0.25) is 0 Å². The number of nitrogens with one attached hydrogen (secondary N) is 1. The predicted octanol–water partition coefficient (Wildman–Crippen LogP) is 3.56. The van der Waals surface area contributed by atoms with Crippen LogP contribution in [-0.2, 0) is 6.54 Å². The van der Waals surface area contributed by atoms with Crippen molar-refractivity contribution in [3.63, 3.8) is 0 Å². The Morgan fingerprint density at radius 1 is 1.32 bits per heavy atom. The highest BCUT2D eigenvalue weighted by Crippen LogP contribution is 2.24. The molecule has 0 saturated heterocycles. The minimum atomic E-state index is -0.120. The molecule has 106 valence electrons. The van der Waals surface area contributed by atoms with Gasteiger partial charge in [-0.05, 0) is 43.4 Å². The zero-order valence-electron chi connectivity index (χ0n) is 12.4. The quantitative estimate of drug-likeness (QED) is 0.845. The van der Waals surface area contributed by atoms with Gasteiger partial charge in [-0.25, -0.2) is 4.39 Å². The number of anilines is 1. The summed E-state index contributed by atoms with van der Waals surface area (Å²) in [6, 6.07) is 6.57. The second-order valence-electron chi connectivity index (χ2n) is 6.04. The van der Waals surface area contributed by atoms with Gasteiger partial charge in [-0.15, -0.1) is 0 Å². The summed E-state index contributed by atoms with van der Waals surface area (Å²) < 4.78 is 14.2. The first-order chi connectivity index (χ1) is 8.99. The van der Waals surface area contributed by atoms with Gasteiger partial charge in [0.05, 0.1) is 5.69 Å². The molecule has 1 unspecified atom stereocenters. The number of benzene rings is 1. The Hall–Kier alpha value is -1.09. The molecule has 1 N–H and O–H groups in total. The third kappa shape index (κ3) is 3.69. The summed E-state index contributed by atoms with van der Waals surface area (Å²) in [4.78, 5) is 2.03. The van der Waals surface area contributed by atoms with Crippen molar-refractivity contribution < 1.29 is 4.39 Å². The van der Waals surface area contributed by atoms with Crippen molar-refractivity contribution in [2.75, 3.05) is 11.9 Å². The van der Waals surface area contributed by atoms with Gasteiger partial charge in [-0.3, -0.25) is 0 Å². The van der Waals surface area contributed by atoms with Gasteiger partial charge in [-0.2, -0.15) is 0 Å². The molecule has 0 radical (unpaired) electrons. The number of nitrogens with zero attached hydrogens (tertiary/aromatic N) is 1. The van der Waals surface area contributed by atoms with Crippen LogP contribution in [0.1, 0.15) is 39.2 Å². The van der Waals surface area contributed by atoms with Gasteiger partial charge in [0.1, 0.15) is 5.82 Å². The number of rotatable bonds is 6. The first kappa shape index (κ1) is 14.3. The monoisotopic (exact) mass is 264 g/mol. The predicted molar refractivity (Wildman–Crippen MR) is 79.0 cm³/mol. The molecule has 0 aromatic heterocycles. The number of hydrogen-bond acceptors (Lipinski definition) is 2. The molecule has 0 aliphatic heterocycles. The fourth-order valence-electron chi connectivity index (χ4n) is 2.16. The highest BCUT2D eigenvalue weighted by Gasteiger charge is 2.20. The minimum absolute atomic E-state index is 0.120. The molecule has 1 aliphatic carbocycles. The molecule has 1 atom stereocenters. The largest absolute Gasteiger partial charge is 0.369 e. The van der Waals surface area contributed by atoms with Gasteiger partial charge in [0.15, 0.2) is 0 Å². The summed E-state index contributed by atoms with van der Waals surface area (Å²) in [6.07, 6.45) is 2.52. The van der Waals surface area contributed by atoms with Crippen molar-refractivity contribution in [2.45, 2.75) is 52.2 Å². The molecule has 1 aromatic rings. The molecule has 3 heteroatoms. The first-order valence-electron chi connectivity index (χ1n) is 7.23. The topological polar surface area (TPSA) is 15.3 Å². The molecule has 1 fully saturated rings. The highest BCUT2D eigenvalue weighted by molar-refractivity contribution is 5.49. The Bertz CT molecular complexity index is 427. The minimum Gasteiger partial charge on any atom is -0.369 e. The Labute approximate surface area is 116 Å². The van der Waals surface area contributed by atoms with Crippen molar-refractivity contribution in [3.8, 4) is 0 Å². The molecule has 1 saturated carbocycles. The van der Waals surface area contributed by atoms with E-state index in [1.54, 1.807) is 6.07 Å². The van der Waals surface area contributed by atoms with E-state index in [1.807, 2.05) is 24.1 Å². The van der Waals surface area contributed by atoms with E-state index < -0.39 is 0 Å². The number of halogens is 1. The first-order valence-corrected chi connectivity index (χ1v) is 7.23. The molecule has 19 heavy (non-hydrogen) atoms. The van der Waals surface area contributed by atoms with Crippen molar-refractivity contribution in [1.82, 2.24) is 5.32 Å². The van der Waals surface area contributed by atoms with Crippen LogP contribution in [0.25, 0.3) is 0 Å². The highest BCUT2D eigenvalue weighted by atomic mass is 19.1. The molecular formula is C16H25FN2. The lowest BCUT2D eigenvalue weighted by molar-refractivity contribution is 0.497. The van der Waals surface area contributed by atoms with Crippen LogP contribution >= 0.6 is 0 Å². The molecule has 0 amide bonds. The summed E-state index contributed by atoms with van der Waals surface area (Å²) in [5, 5.41) is 3.41. The molecule has 0 bridgehead atoms. The van der Waals surface area contributed by atoms with Crippen LogP contribution in [0.4, 0.5) is 10.1 Å². The lowest BCUT2D eigenvalue weighted by atomic mass is 10.0. The summed E-state index contributed by atoms with van der Waals surface area (Å²) >= 11 is 0. The summed E-state index contributed by atoms with van der Waals surface area (Å²) in [6.45, 7) is 7.22. The molecule has 0 heterocycles. The van der Waals surface area contributed by atoms with Gasteiger partial charge in [0.25, 0.3) is 0 Å². The van der Waals surface area contributed by atoms with Crippen LogP contribution in [0.15, 0.2) is 18.2 Å². The van der Waals surface area contributed by atoms with Crippen molar-refractivity contribution in [1.29, 1.82) is 0 Å². The van der Waals surface area contributed by atoms with Gasteiger partial charge in [-0.1, -0.05) is 19.9 Å². The SMILES string of the molecule is CC(C)C(C)N(C)c1ccc(CNC2CC2)cc1F. The van der Waals surface area contributed by atoms with Crippen molar-refractivity contribution in [2.24, 2.45) is 5.92 Å². The lowest BCUT2D eigenvalue weighted by Gasteiger charge is -2.30. The zero-order valence-corrected chi connectivity index (χ0v) is 12.4.